The summed E-state index contributed by atoms with van der Waals surface area (Å²) in [5.74, 6) is -2.65. The third-order valence-corrected chi connectivity index (χ3v) is 6.30. The second-order valence-electron chi connectivity index (χ2n) is 8.81. The Morgan fingerprint density at radius 1 is 1.19 bits per heavy atom. The molecule has 1 aliphatic heterocycles. The number of aromatic amines is 2. The van der Waals surface area contributed by atoms with Gasteiger partial charge in [-0.1, -0.05) is 18.2 Å². The number of carbonyl (C=O) groups excluding carboxylic acids is 3. The number of imidazole rings is 1. The molecule has 1 aliphatic rings. The molecule has 1 saturated heterocycles. The number of rotatable bonds is 10. The molecular formula is C24H29N7O5. The van der Waals surface area contributed by atoms with Crippen LogP contribution in [0.25, 0.3) is 10.9 Å². The lowest BCUT2D eigenvalue weighted by atomic mass is 10.0. The first kappa shape index (κ1) is 24.9. The van der Waals surface area contributed by atoms with Gasteiger partial charge in [0.15, 0.2) is 0 Å². The third-order valence-electron chi connectivity index (χ3n) is 6.30. The van der Waals surface area contributed by atoms with Gasteiger partial charge in [-0.25, -0.2) is 4.98 Å². The lowest BCUT2D eigenvalue weighted by Crippen LogP contribution is -2.56. The minimum Gasteiger partial charge on any atom is -0.480 e. The van der Waals surface area contributed by atoms with Crippen LogP contribution < -0.4 is 16.4 Å². The van der Waals surface area contributed by atoms with Gasteiger partial charge in [-0.05, 0) is 30.9 Å². The van der Waals surface area contributed by atoms with E-state index in [0.29, 0.717) is 25.1 Å². The van der Waals surface area contributed by atoms with Gasteiger partial charge in [0.1, 0.15) is 18.6 Å². The van der Waals surface area contributed by atoms with Crippen molar-refractivity contribution in [3.8, 4) is 0 Å². The molecule has 7 N–H and O–H groups in total. The van der Waals surface area contributed by atoms with Crippen molar-refractivity contribution in [2.24, 2.45) is 5.73 Å². The summed E-state index contributed by atoms with van der Waals surface area (Å²) in [4.78, 5) is 61.4. The fourth-order valence-electron chi connectivity index (χ4n) is 4.51. The summed E-state index contributed by atoms with van der Waals surface area (Å²) < 4.78 is 0. The molecule has 2 aromatic heterocycles. The Hall–Kier alpha value is -4.19. The Bertz CT molecular complexity index is 1240. The van der Waals surface area contributed by atoms with Crippen LogP contribution in [0.2, 0.25) is 0 Å². The Kier molecular flexibility index (Phi) is 7.64. The number of benzene rings is 1. The number of carboxylic acid groups (broad SMARTS) is 1. The average Bonchev–Trinajstić information content (AvgIpc) is 3.63. The Morgan fingerprint density at radius 2 is 2.00 bits per heavy atom. The molecule has 36 heavy (non-hydrogen) atoms. The van der Waals surface area contributed by atoms with E-state index in [2.05, 4.69) is 25.6 Å². The van der Waals surface area contributed by atoms with Crippen LogP contribution in [0.3, 0.4) is 0 Å². The fraction of sp³-hybridized carbons (Fsp3) is 0.375. The summed E-state index contributed by atoms with van der Waals surface area (Å²) in [6.45, 7) is -0.213. The predicted molar refractivity (Wildman–Crippen MR) is 130 cm³/mol. The molecule has 0 saturated carbocycles. The van der Waals surface area contributed by atoms with E-state index in [1.54, 1.807) is 6.20 Å². The molecule has 0 bridgehead atoms. The number of nitrogens with zero attached hydrogens (tertiary/aromatic N) is 2. The molecule has 190 valence electrons. The number of para-hydroxylation sites is 1. The zero-order chi connectivity index (χ0) is 25.7. The highest BCUT2D eigenvalue weighted by atomic mass is 16.4. The lowest BCUT2D eigenvalue weighted by Gasteiger charge is -2.29. The molecule has 3 atom stereocenters. The zero-order valence-electron chi connectivity index (χ0n) is 19.6. The van der Waals surface area contributed by atoms with Crippen LogP contribution in [0, 0.1) is 0 Å². The van der Waals surface area contributed by atoms with E-state index in [0.717, 1.165) is 16.5 Å². The number of carboxylic acids is 1. The van der Waals surface area contributed by atoms with Crippen LogP contribution >= 0.6 is 0 Å². The van der Waals surface area contributed by atoms with E-state index in [-0.39, 0.29) is 12.8 Å². The normalized spacial score (nSPS) is 17.0. The molecule has 1 fully saturated rings. The molecule has 12 nitrogen and oxygen atoms in total. The van der Waals surface area contributed by atoms with Crippen LogP contribution in [0.5, 0.6) is 0 Å². The Morgan fingerprint density at radius 3 is 2.75 bits per heavy atom. The van der Waals surface area contributed by atoms with E-state index in [1.165, 1.54) is 11.2 Å². The summed E-state index contributed by atoms with van der Waals surface area (Å²) in [7, 11) is 0. The number of hydrogen-bond acceptors (Lipinski definition) is 6. The first-order valence-corrected chi connectivity index (χ1v) is 11.7. The molecule has 0 spiro atoms. The summed E-state index contributed by atoms with van der Waals surface area (Å²) in [5, 5.41) is 14.9. The zero-order valence-corrected chi connectivity index (χ0v) is 19.6. The number of amides is 3. The minimum atomic E-state index is -1.17. The van der Waals surface area contributed by atoms with Crippen molar-refractivity contribution in [1.29, 1.82) is 0 Å². The van der Waals surface area contributed by atoms with Crippen molar-refractivity contribution in [2.45, 2.75) is 43.8 Å². The van der Waals surface area contributed by atoms with E-state index in [1.807, 2.05) is 30.5 Å². The highest BCUT2D eigenvalue weighted by Crippen LogP contribution is 2.21. The van der Waals surface area contributed by atoms with Gasteiger partial charge in [0.2, 0.25) is 17.7 Å². The standard InChI is InChI=1S/C24H29N7O5/c25-17(8-14-10-27-18-5-2-1-4-16(14)18)22(34)30-19(9-15-11-26-13-29-15)24(36)31-7-3-6-20(31)23(35)28-12-21(32)33/h1-2,4-5,10-11,13,17,19-20,27H,3,6-9,12,25H2,(H,26,29)(H,28,35)(H,30,34)(H,32,33). The van der Waals surface area contributed by atoms with E-state index < -0.39 is 48.4 Å². The van der Waals surface area contributed by atoms with Crippen molar-refractivity contribution < 1.29 is 24.3 Å². The number of aromatic nitrogens is 3. The van der Waals surface area contributed by atoms with Gasteiger partial charge < -0.3 is 36.3 Å². The minimum absolute atomic E-state index is 0.129. The summed E-state index contributed by atoms with van der Waals surface area (Å²) in [6, 6.07) is 4.99. The van der Waals surface area contributed by atoms with Gasteiger partial charge in [-0.2, -0.15) is 0 Å². The van der Waals surface area contributed by atoms with Crippen LogP contribution in [-0.4, -0.2) is 79.9 Å². The van der Waals surface area contributed by atoms with Gasteiger partial charge >= 0.3 is 5.97 Å². The number of aliphatic carboxylic acids is 1. The highest BCUT2D eigenvalue weighted by molar-refractivity contribution is 5.94. The van der Waals surface area contributed by atoms with Crippen molar-refractivity contribution in [3.63, 3.8) is 0 Å². The van der Waals surface area contributed by atoms with Crippen molar-refractivity contribution in [1.82, 2.24) is 30.5 Å². The van der Waals surface area contributed by atoms with Crippen LogP contribution in [0.4, 0.5) is 0 Å². The number of nitrogens with one attached hydrogen (secondary N) is 4. The van der Waals surface area contributed by atoms with E-state index >= 15 is 0 Å². The molecule has 0 aliphatic carbocycles. The number of fused-ring (bicyclic) bond motifs is 1. The van der Waals surface area contributed by atoms with Crippen LogP contribution in [0.1, 0.15) is 24.1 Å². The maximum Gasteiger partial charge on any atom is 0.322 e. The smallest absolute Gasteiger partial charge is 0.322 e. The van der Waals surface area contributed by atoms with Gasteiger partial charge in [-0.15, -0.1) is 0 Å². The molecule has 0 radical (unpaired) electrons. The molecule has 1 aromatic carbocycles. The number of carbonyl (C=O) groups is 4. The molecule has 12 heteroatoms. The number of H-pyrrole nitrogens is 2. The average molecular weight is 496 g/mol. The Labute approximate surface area is 206 Å². The molecule has 3 aromatic rings. The molecule has 3 unspecified atom stereocenters. The molecule has 3 amide bonds. The largest absolute Gasteiger partial charge is 0.480 e. The SMILES string of the molecule is NC(Cc1c[nH]c2ccccc12)C(=O)NC(Cc1cnc[nH]1)C(=O)N1CCCC1C(=O)NCC(=O)O. The van der Waals surface area contributed by atoms with Gasteiger partial charge in [-0.3, -0.25) is 19.2 Å². The topological polar surface area (TPSA) is 186 Å². The summed E-state index contributed by atoms with van der Waals surface area (Å²) in [6.07, 6.45) is 6.23. The molecule has 3 heterocycles. The number of nitrogens with two attached hydrogens (primary N) is 1. The highest BCUT2D eigenvalue weighted by Gasteiger charge is 2.38. The maximum absolute atomic E-state index is 13.5. The monoisotopic (exact) mass is 495 g/mol. The first-order valence-electron chi connectivity index (χ1n) is 11.7. The predicted octanol–water partition coefficient (Wildman–Crippen LogP) is -0.320. The summed E-state index contributed by atoms with van der Waals surface area (Å²) >= 11 is 0. The second-order valence-corrected chi connectivity index (χ2v) is 8.81. The maximum atomic E-state index is 13.5. The number of hydrogen-bond donors (Lipinski definition) is 6. The first-order chi connectivity index (χ1) is 17.3. The fourth-order valence-corrected chi connectivity index (χ4v) is 4.51. The Balaban J connectivity index is 1.47. The van der Waals surface area contributed by atoms with Gasteiger partial charge in [0.25, 0.3) is 0 Å². The van der Waals surface area contributed by atoms with E-state index in [4.69, 9.17) is 10.8 Å². The lowest BCUT2D eigenvalue weighted by molar-refractivity contribution is -0.142. The van der Waals surface area contributed by atoms with Crippen LogP contribution in [0.15, 0.2) is 43.0 Å². The van der Waals surface area contributed by atoms with Gasteiger partial charge in [0.05, 0.1) is 12.4 Å². The van der Waals surface area contributed by atoms with Gasteiger partial charge in [0, 0.05) is 42.0 Å². The summed E-state index contributed by atoms with van der Waals surface area (Å²) in [5.41, 5.74) is 8.68. The number of likely N-dealkylation sites (tertiary alicyclic amines) is 1. The molecular weight excluding hydrogens is 466 g/mol. The van der Waals surface area contributed by atoms with E-state index in [9.17, 15) is 19.2 Å². The van der Waals surface area contributed by atoms with Crippen LogP contribution in [-0.2, 0) is 32.0 Å². The second kappa shape index (κ2) is 11.0. The van der Waals surface area contributed by atoms with Crippen molar-refractivity contribution >= 4 is 34.6 Å². The third kappa shape index (κ3) is 5.71. The molecule has 4 rings (SSSR count). The quantitative estimate of drug-likeness (QED) is 0.222. The van der Waals surface area contributed by atoms with Crippen molar-refractivity contribution in [3.05, 3.63) is 54.2 Å². The van der Waals surface area contributed by atoms with Crippen molar-refractivity contribution in [2.75, 3.05) is 13.1 Å².